The largest absolute Gasteiger partial charge is 0.374 e. The fourth-order valence-electron chi connectivity index (χ4n) is 7.65. The number of benzene rings is 6. The third-order valence-corrected chi connectivity index (χ3v) is 11.1. The van der Waals surface area contributed by atoms with Gasteiger partial charge in [-0.2, -0.15) is 0 Å². The second-order valence-electron chi connectivity index (χ2n) is 14.8. The predicted molar refractivity (Wildman–Crippen MR) is 218 cm³/mol. The van der Waals surface area contributed by atoms with Crippen molar-refractivity contribution < 1.29 is 33.2 Å². The number of halogens is 2. The van der Waals surface area contributed by atoms with Gasteiger partial charge in [0, 0.05) is 10.6 Å². The van der Waals surface area contributed by atoms with Gasteiger partial charge >= 0.3 is 0 Å². The first-order valence-corrected chi connectivity index (χ1v) is 19.9. The van der Waals surface area contributed by atoms with Crippen LogP contribution in [0.15, 0.2) is 152 Å². The molecule has 6 aromatic carbocycles. The van der Waals surface area contributed by atoms with Crippen LogP contribution in [0.1, 0.15) is 50.1 Å². The second kappa shape index (κ2) is 18.3. The fraction of sp³-hybridized carbons (Fsp3) is 0.265. The smallest absolute Gasteiger partial charge is 0.225 e. The number of aryl methyl sites for hydroxylation is 2. The number of hydrogen-bond donors (Lipinski definition) is 1. The first-order chi connectivity index (χ1) is 27.9. The molecule has 6 nitrogen and oxygen atoms in total. The van der Waals surface area contributed by atoms with E-state index in [4.69, 9.17) is 35.3 Å². The third-order valence-electron chi connectivity index (χ3n) is 10.8. The minimum absolute atomic E-state index is 0.00442. The van der Waals surface area contributed by atoms with E-state index in [1.165, 1.54) is 17.2 Å². The summed E-state index contributed by atoms with van der Waals surface area (Å²) in [6, 6.07) is 48.2. The van der Waals surface area contributed by atoms with Crippen LogP contribution in [0, 0.1) is 5.82 Å². The van der Waals surface area contributed by atoms with Gasteiger partial charge in [0.15, 0.2) is 0 Å². The Bertz CT molecular complexity index is 2210. The van der Waals surface area contributed by atoms with E-state index in [1.54, 1.807) is 6.07 Å². The lowest BCUT2D eigenvalue weighted by Crippen LogP contribution is -2.66. The Hall–Kier alpha value is -4.70. The maximum absolute atomic E-state index is 16.6. The molecule has 1 unspecified atom stereocenters. The number of rotatable bonds is 16. The van der Waals surface area contributed by atoms with Gasteiger partial charge in [-0.3, -0.25) is 0 Å². The van der Waals surface area contributed by atoms with Crippen molar-refractivity contribution in [1.29, 1.82) is 0 Å². The summed E-state index contributed by atoms with van der Waals surface area (Å²) >= 11 is 6.76. The molecule has 8 heteroatoms. The molecule has 1 aliphatic carbocycles. The topological polar surface area (TPSA) is 66.4 Å². The van der Waals surface area contributed by atoms with Crippen LogP contribution >= 0.6 is 11.6 Å². The standard InChI is InChI=1S/C49H46ClFO6/c50-43-28-44(51)42(27-41(43)26-38-21-22-39-23-24-40(39)25-38)49(52)48(56-32-37-19-11-4-12-20-37)47(55-31-36-17-9-3-10-18-36)46(54-30-35-15-7-2-8-16-35)45(57-49)33-53-29-34-13-5-1-6-14-34/h1-22,25,27-28,45-48,52H,23-24,26,29-33H2/t45-,46-,47+,48-,49?/m1/s1. The molecule has 0 aromatic heterocycles. The first kappa shape index (κ1) is 39.1. The van der Waals surface area contributed by atoms with Crippen molar-refractivity contribution in [3.05, 3.63) is 213 Å². The monoisotopic (exact) mass is 784 g/mol. The molecule has 8 rings (SSSR count). The molecular formula is C49H46ClFO6. The molecule has 1 heterocycles. The number of hydrogen-bond acceptors (Lipinski definition) is 6. The van der Waals surface area contributed by atoms with Crippen LogP contribution in [0.5, 0.6) is 0 Å². The van der Waals surface area contributed by atoms with Crippen LogP contribution in [0.25, 0.3) is 0 Å². The fourth-order valence-corrected chi connectivity index (χ4v) is 7.87. The number of ether oxygens (including phenoxy) is 5. The van der Waals surface area contributed by atoms with Crippen LogP contribution < -0.4 is 0 Å². The zero-order chi connectivity index (χ0) is 39.0. The molecular weight excluding hydrogens is 739 g/mol. The average molecular weight is 785 g/mol. The molecule has 0 radical (unpaired) electrons. The first-order valence-electron chi connectivity index (χ1n) is 19.5. The molecule has 1 aliphatic heterocycles. The molecule has 0 bridgehead atoms. The van der Waals surface area contributed by atoms with Gasteiger partial charge in [-0.25, -0.2) is 4.39 Å². The van der Waals surface area contributed by atoms with Crippen molar-refractivity contribution >= 4 is 11.6 Å². The van der Waals surface area contributed by atoms with Gasteiger partial charge in [0.05, 0.1) is 33.0 Å². The van der Waals surface area contributed by atoms with Crippen LogP contribution in [0.2, 0.25) is 5.02 Å². The molecule has 0 spiro atoms. The summed E-state index contributed by atoms with van der Waals surface area (Å²) in [4.78, 5) is 0. The van der Waals surface area contributed by atoms with E-state index in [0.717, 1.165) is 40.7 Å². The second-order valence-corrected chi connectivity index (χ2v) is 15.2. The Morgan fingerprint density at radius 2 is 1.12 bits per heavy atom. The summed E-state index contributed by atoms with van der Waals surface area (Å²) in [6.07, 6.45) is -1.43. The van der Waals surface area contributed by atoms with Crippen molar-refractivity contribution in [1.82, 2.24) is 0 Å². The van der Waals surface area contributed by atoms with Gasteiger partial charge < -0.3 is 28.8 Å². The summed E-state index contributed by atoms with van der Waals surface area (Å²) in [5, 5.41) is 13.4. The third kappa shape index (κ3) is 9.38. The van der Waals surface area contributed by atoms with E-state index in [0.29, 0.717) is 12.0 Å². The Morgan fingerprint density at radius 1 is 0.596 bits per heavy atom. The van der Waals surface area contributed by atoms with Gasteiger partial charge in [-0.05, 0) is 75.9 Å². The normalized spacial score (nSPS) is 21.5. The molecule has 0 amide bonds. The molecule has 1 N–H and O–H groups in total. The summed E-state index contributed by atoms with van der Waals surface area (Å²) in [6.45, 7) is 0.764. The van der Waals surface area contributed by atoms with E-state index >= 15 is 4.39 Å². The van der Waals surface area contributed by atoms with Crippen LogP contribution in [-0.4, -0.2) is 36.1 Å². The highest BCUT2D eigenvalue weighted by molar-refractivity contribution is 6.31. The van der Waals surface area contributed by atoms with Crippen molar-refractivity contribution in [2.75, 3.05) is 6.61 Å². The molecule has 57 heavy (non-hydrogen) atoms. The van der Waals surface area contributed by atoms with E-state index in [-0.39, 0.29) is 43.6 Å². The van der Waals surface area contributed by atoms with Crippen molar-refractivity contribution in [2.24, 2.45) is 0 Å². The van der Waals surface area contributed by atoms with Gasteiger partial charge in [0.25, 0.3) is 0 Å². The van der Waals surface area contributed by atoms with E-state index in [9.17, 15) is 5.11 Å². The average Bonchev–Trinajstić information content (AvgIpc) is 3.22. The van der Waals surface area contributed by atoms with Crippen LogP contribution in [0.4, 0.5) is 4.39 Å². The maximum atomic E-state index is 16.6. The quantitative estimate of drug-likeness (QED) is 0.106. The van der Waals surface area contributed by atoms with Gasteiger partial charge in [-0.1, -0.05) is 151 Å². The molecule has 1 saturated heterocycles. The zero-order valence-electron chi connectivity index (χ0n) is 31.6. The lowest BCUT2D eigenvalue weighted by Gasteiger charge is -2.50. The van der Waals surface area contributed by atoms with Gasteiger partial charge in [0.1, 0.15) is 30.2 Å². The highest BCUT2D eigenvalue weighted by atomic mass is 35.5. The number of aliphatic hydroxyl groups is 1. The minimum Gasteiger partial charge on any atom is -0.374 e. The van der Waals surface area contributed by atoms with Crippen LogP contribution in [-0.2, 0) is 75.2 Å². The molecule has 292 valence electrons. The van der Waals surface area contributed by atoms with E-state index in [2.05, 4.69) is 18.2 Å². The molecule has 2 aliphatic rings. The van der Waals surface area contributed by atoms with E-state index < -0.39 is 36.0 Å². The summed E-state index contributed by atoms with van der Waals surface area (Å²) in [5.74, 6) is -3.10. The molecule has 1 fully saturated rings. The van der Waals surface area contributed by atoms with E-state index in [1.807, 2.05) is 121 Å². The van der Waals surface area contributed by atoms with Gasteiger partial charge in [-0.15, -0.1) is 0 Å². The summed E-state index contributed by atoms with van der Waals surface area (Å²) in [5.41, 5.74) is 7.92. The minimum atomic E-state index is -2.37. The molecule has 5 atom stereocenters. The Balaban J connectivity index is 1.20. The Morgan fingerprint density at radius 3 is 1.67 bits per heavy atom. The Labute approximate surface area is 338 Å². The number of fused-ring (bicyclic) bond motifs is 1. The molecule has 0 saturated carbocycles. The highest BCUT2D eigenvalue weighted by Crippen LogP contribution is 2.44. The zero-order valence-corrected chi connectivity index (χ0v) is 32.4. The Kier molecular flexibility index (Phi) is 12.5. The van der Waals surface area contributed by atoms with Crippen molar-refractivity contribution in [3.63, 3.8) is 0 Å². The predicted octanol–water partition coefficient (Wildman–Crippen LogP) is 9.69. The van der Waals surface area contributed by atoms with Crippen LogP contribution in [0.3, 0.4) is 0 Å². The summed E-state index contributed by atoms with van der Waals surface area (Å²) in [7, 11) is 0. The highest BCUT2D eigenvalue weighted by Gasteiger charge is 2.58. The maximum Gasteiger partial charge on any atom is 0.225 e. The molecule has 6 aromatic rings. The lowest BCUT2D eigenvalue weighted by atomic mass is 9.85. The van der Waals surface area contributed by atoms with Crippen molar-refractivity contribution in [3.8, 4) is 0 Å². The SMILES string of the molecule is OC1(c2cc(Cc3ccc4c(c3)CC4)c(Cl)cc2F)O[C@H](COCc2ccccc2)[C@@H](OCc2ccccc2)[C@H](OCc2ccccc2)[C@H]1OCc1ccccc1. The van der Waals surface area contributed by atoms with Gasteiger partial charge in [0.2, 0.25) is 5.79 Å². The van der Waals surface area contributed by atoms with Crippen molar-refractivity contribution in [2.45, 2.75) is 75.9 Å². The summed E-state index contributed by atoms with van der Waals surface area (Å²) < 4.78 is 49.9. The lowest BCUT2D eigenvalue weighted by molar-refractivity contribution is -0.379.